The summed E-state index contributed by atoms with van der Waals surface area (Å²) >= 11 is 0. The number of anilines is 1. The summed E-state index contributed by atoms with van der Waals surface area (Å²) in [5.41, 5.74) is 6.87. The highest BCUT2D eigenvalue weighted by atomic mass is 16.7. The van der Waals surface area contributed by atoms with Gasteiger partial charge in [0.25, 0.3) is 0 Å². The van der Waals surface area contributed by atoms with Crippen LogP contribution in [0.4, 0.5) is 5.69 Å². The summed E-state index contributed by atoms with van der Waals surface area (Å²) in [5, 5.41) is 6.19. The third-order valence-corrected chi connectivity index (χ3v) is 7.44. The van der Waals surface area contributed by atoms with Crippen LogP contribution in [-0.2, 0) is 31.3 Å². The zero-order valence-corrected chi connectivity index (χ0v) is 19.0. The molecule has 2 saturated heterocycles. The van der Waals surface area contributed by atoms with Crippen LogP contribution in [0.25, 0.3) is 0 Å². The quantitative estimate of drug-likeness (QED) is 0.545. The third kappa shape index (κ3) is 3.06. The molecule has 4 aliphatic rings. The number of ether oxygens (including phenoxy) is 2. The van der Waals surface area contributed by atoms with Gasteiger partial charge in [0.05, 0.1) is 18.4 Å². The fourth-order valence-electron chi connectivity index (χ4n) is 5.90. The molecule has 2 fully saturated rings. The van der Waals surface area contributed by atoms with Crippen LogP contribution in [0.5, 0.6) is 11.5 Å². The van der Waals surface area contributed by atoms with Crippen LogP contribution in [0.1, 0.15) is 29.5 Å². The van der Waals surface area contributed by atoms with Crippen LogP contribution in [0.2, 0.25) is 0 Å². The summed E-state index contributed by atoms with van der Waals surface area (Å²) in [6.45, 7) is 2.07. The van der Waals surface area contributed by atoms with Crippen molar-refractivity contribution in [2.45, 2.75) is 37.9 Å². The van der Waals surface area contributed by atoms with E-state index in [1.54, 1.807) is 24.3 Å². The first-order chi connectivity index (χ1) is 16.8. The Morgan fingerprint density at radius 3 is 2.71 bits per heavy atom. The lowest BCUT2D eigenvalue weighted by molar-refractivity contribution is -0.143. The Balaban J connectivity index is 1.40. The van der Waals surface area contributed by atoms with Crippen LogP contribution in [0.3, 0.4) is 0 Å². The summed E-state index contributed by atoms with van der Waals surface area (Å²) in [6, 6.07) is 10.2. The first-order valence-electron chi connectivity index (χ1n) is 11.5. The van der Waals surface area contributed by atoms with Crippen LogP contribution in [-0.4, -0.2) is 41.4 Å². The van der Waals surface area contributed by atoms with Gasteiger partial charge in [-0.15, -0.1) is 0 Å². The highest BCUT2D eigenvalue weighted by molar-refractivity contribution is 6.15. The molecule has 4 N–H and O–H groups in total. The van der Waals surface area contributed by atoms with Crippen molar-refractivity contribution in [3.05, 3.63) is 53.1 Å². The largest absolute Gasteiger partial charge is 0.454 e. The lowest BCUT2D eigenvalue weighted by atomic mass is 9.76. The Morgan fingerprint density at radius 2 is 1.91 bits per heavy atom. The van der Waals surface area contributed by atoms with Gasteiger partial charge in [-0.2, -0.15) is 0 Å². The molecule has 2 aromatic carbocycles. The molecule has 0 saturated carbocycles. The third-order valence-electron chi connectivity index (χ3n) is 7.44. The first-order valence-corrected chi connectivity index (χ1v) is 11.5. The average molecular weight is 476 g/mol. The summed E-state index contributed by atoms with van der Waals surface area (Å²) in [7, 11) is 0. The minimum absolute atomic E-state index is 0.0306. The van der Waals surface area contributed by atoms with Gasteiger partial charge in [0.2, 0.25) is 30.4 Å². The number of likely N-dealkylation sites (tertiary alicyclic amines) is 1. The summed E-state index contributed by atoms with van der Waals surface area (Å²) in [4.78, 5) is 53.8. The molecular weight excluding hydrogens is 452 g/mol. The van der Waals surface area contributed by atoms with Gasteiger partial charge in [-0.05, 0) is 37.1 Å². The standard InChI is InChI=1S/C25H24N4O6/c1-12-2-4-15-14(8-12)25(24(33)27-15)21-20(16(28-25)5-7-19(26)30)22(31)29(23(21)32)10-13-3-6-17-18(9-13)35-11-34-17/h2-4,6,8-9,16,20-21,28H,5,7,10-11H2,1H3,(H2,26,30)(H,27,33)/t16-,20+,21-,25-/m0/s1. The number of amides is 4. The number of fused-ring (bicyclic) bond motifs is 5. The first kappa shape index (κ1) is 21.6. The van der Waals surface area contributed by atoms with Crippen LogP contribution in [0, 0.1) is 18.8 Å². The molecule has 6 rings (SSSR count). The van der Waals surface area contributed by atoms with Gasteiger partial charge in [-0.25, -0.2) is 0 Å². The van der Waals surface area contributed by atoms with Crippen molar-refractivity contribution in [2.75, 3.05) is 12.1 Å². The SMILES string of the molecule is Cc1ccc2c(c1)[C@@]1(N[C@@H](CCC(N)=O)[C@H]3C(=O)N(Cc4ccc5c(c4)OCO5)C(=O)[C@H]31)C(=O)N2. The van der Waals surface area contributed by atoms with Crippen molar-refractivity contribution in [3.63, 3.8) is 0 Å². The smallest absolute Gasteiger partial charge is 0.250 e. The number of benzene rings is 2. The number of nitrogens with zero attached hydrogens (tertiary/aromatic N) is 1. The number of carbonyl (C=O) groups is 4. The number of imide groups is 1. The van der Waals surface area contributed by atoms with Crippen LogP contribution < -0.4 is 25.8 Å². The van der Waals surface area contributed by atoms with Gasteiger partial charge in [-0.3, -0.25) is 29.4 Å². The van der Waals surface area contributed by atoms with E-state index in [-0.39, 0.29) is 38.0 Å². The Kier molecular flexibility index (Phi) is 4.65. The van der Waals surface area contributed by atoms with E-state index in [1.165, 1.54) is 4.90 Å². The van der Waals surface area contributed by atoms with Crippen LogP contribution >= 0.6 is 0 Å². The zero-order valence-electron chi connectivity index (χ0n) is 19.0. The summed E-state index contributed by atoms with van der Waals surface area (Å²) in [6.07, 6.45) is 0.270. The highest BCUT2D eigenvalue weighted by Crippen LogP contribution is 2.54. The lowest BCUT2D eigenvalue weighted by Crippen LogP contribution is -2.53. The topological polar surface area (TPSA) is 140 Å². The molecular formula is C25H24N4O6. The predicted octanol–water partition coefficient (Wildman–Crippen LogP) is 0.910. The normalized spacial score (nSPS) is 28.0. The number of rotatable bonds is 5. The fourth-order valence-corrected chi connectivity index (χ4v) is 5.90. The highest BCUT2D eigenvalue weighted by Gasteiger charge is 2.70. The summed E-state index contributed by atoms with van der Waals surface area (Å²) < 4.78 is 10.8. The van der Waals surface area contributed by atoms with Crippen molar-refractivity contribution in [3.8, 4) is 11.5 Å². The second kappa shape index (κ2) is 7.54. The maximum Gasteiger partial charge on any atom is 0.250 e. The Hall–Kier alpha value is -3.92. The van der Waals surface area contributed by atoms with Crippen molar-refractivity contribution in [1.82, 2.24) is 10.2 Å². The minimum atomic E-state index is -1.40. The van der Waals surface area contributed by atoms with Gasteiger partial charge in [0, 0.05) is 23.7 Å². The maximum atomic E-state index is 13.9. The Labute approximate surface area is 200 Å². The fraction of sp³-hybridized carbons (Fsp3) is 0.360. The van der Waals surface area contributed by atoms with E-state index >= 15 is 0 Å². The monoisotopic (exact) mass is 476 g/mol. The van der Waals surface area contributed by atoms with E-state index in [0.717, 1.165) is 5.56 Å². The maximum absolute atomic E-state index is 13.9. The molecule has 35 heavy (non-hydrogen) atoms. The lowest BCUT2D eigenvalue weighted by Gasteiger charge is -2.29. The molecule has 10 nitrogen and oxygen atoms in total. The van der Waals surface area contributed by atoms with E-state index in [2.05, 4.69) is 10.6 Å². The van der Waals surface area contributed by atoms with E-state index in [1.807, 2.05) is 19.1 Å². The zero-order chi connectivity index (χ0) is 24.5. The van der Waals surface area contributed by atoms with E-state index in [0.29, 0.717) is 28.3 Å². The average Bonchev–Trinajstić information content (AvgIpc) is 3.55. The van der Waals surface area contributed by atoms with Gasteiger partial charge in [0.1, 0.15) is 5.54 Å². The molecule has 0 radical (unpaired) electrons. The molecule has 4 atom stereocenters. The van der Waals surface area contributed by atoms with E-state index in [9.17, 15) is 19.2 Å². The molecule has 4 amide bonds. The number of hydrogen-bond acceptors (Lipinski definition) is 7. The molecule has 10 heteroatoms. The Morgan fingerprint density at radius 1 is 1.11 bits per heavy atom. The Bertz CT molecular complexity index is 1310. The number of aryl methyl sites for hydroxylation is 1. The number of nitrogens with two attached hydrogens (primary N) is 1. The minimum Gasteiger partial charge on any atom is -0.454 e. The molecule has 0 aliphatic carbocycles. The second-order valence-corrected chi connectivity index (χ2v) is 9.52. The van der Waals surface area contributed by atoms with Crippen molar-refractivity contribution in [1.29, 1.82) is 0 Å². The van der Waals surface area contributed by atoms with Crippen LogP contribution in [0.15, 0.2) is 36.4 Å². The molecule has 0 unspecified atom stereocenters. The number of carbonyl (C=O) groups excluding carboxylic acids is 4. The molecule has 4 aliphatic heterocycles. The van der Waals surface area contributed by atoms with E-state index in [4.69, 9.17) is 15.2 Å². The van der Waals surface area contributed by atoms with E-state index < -0.39 is 35.2 Å². The number of nitrogens with one attached hydrogen (secondary N) is 2. The molecule has 180 valence electrons. The van der Waals surface area contributed by atoms with Crippen molar-refractivity contribution < 1.29 is 28.7 Å². The van der Waals surface area contributed by atoms with Crippen molar-refractivity contribution in [2.24, 2.45) is 17.6 Å². The second-order valence-electron chi connectivity index (χ2n) is 9.52. The summed E-state index contributed by atoms with van der Waals surface area (Å²) in [5.74, 6) is -2.25. The van der Waals surface area contributed by atoms with Crippen molar-refractivity contribution >= 4 is 29.3 Å². The predicted molar refractivity (Wildman–Crippen MR) is 122 cm³/mol. The molecule has 1 spiro atoms. The van der Waals surface area contributed by atoms with Gasteiger partial charge in [-0.1, -0.05) is 23.8 Å². The molecule has 0 bridgehead atoms. The molecule has 0 aromatic heterocycles. The molecule has 4 heterocycles. The number of hydrogen-bond donors (Lipinski definition) is 3. The van der Waals surface area contributed by atoms with Gasteiger partial charge < -0.3 is 20.5 Å². The van der Waals surface area contributed by atoms with Gasteiger partial charge in [0.15, 0.2) is 11.5 Å². The van der Waals surface area contributed by atoms with Gasteiger partial charge >= 0.3 is 0 Å². The number of primary amides is 1. The molecule has 2 aromatic rings.